The number of aromatic nitrogens is 10. The topological polar surface area (TPSA) is 136 Å². The summed E-state index contributed by atoms with van der Waals surface area (Å²) in [4.78, 5) is 31.1. The molecule has 19 aromatic carbocycles. The first-order chi connectivity index (χ1) is 70.8. The van der Waals surface area contributed by atoms with Crippen LogP contribution >= 0.6 is 11.3 Å². The van der Waals surface area contributed by atoms with Crippen molar-refractivity contribution < 1.29 is 13.3 Å². The van der Waals surface area contributed by atoms with Gasteiger partial charge in [0.15, 0.2) is 34.2 Å². The highest BCUT2D eigenvalue weighted by Gasteiger charge is 2.40. The second-order valence-electron chi connectivity index (χ2n) is 37.3. The number of rotatable bonds is 10. The van der Waals surface area contributed by atoms with E-state index >= 15 is 0 Å². The standard InChI is InChI=1S/C46H28N4O.C43H29N3O.C40H23N3OS/c1-3-15-29(16-4-1)46-47-41(45-42(48-46)36-22-10-14-26-40(36)51-45)35-21-9-13-25-39(35)50-38-24-12-8-20-32(38)34-28-27-33-31-19-7-11-23-37(31)49(43(33)44(34)50)30-17-5-2-6-18-30;1-43(2)33-20-10-6-16-27(33)29-24-25-30-28-17-7-11-21-34(28)46(40(30)37(29)43)35-22-12-8-18-31(35)38-41-39(32-19-9-13-23-36(32)47-41)45-42(44-38)26-14-4-3-5-15-26;1-2-12-24(13-3-1)40-41-35(38-36(42-40)30-17-6-10-20-33(30)44-38)29-16-5-9-19-32(29)43-31-18-8-4-14-25(31)27-22-23-28-26-15-7-11-21-34(26)45-39(28)37(27)43/h1-28H;3-25H,1-2H3;1-23H. The molecule has 14 heteroatoms. The molecule has 0 bridgehead atoms. The Kier molecular flexibility index (Phi) is 18.3. The zero-order valence-corrected chi connectivity index (χ0v) is 78.1. The lowest BCUT2D eigenvalue weighted by Gasteiger charge is -2.24. The van der Waals surface area contributed by atoms with Gasteiger partial charge in [0, 0.05) is 119 Å². The average molecular weight is 1850 g/mol. The van der Waals surface area contributed by atoms with E-state index in [1.165, 1.54) is 102 Å². The fraction of sp³-hybridized carbons (Fsp3) is 0.0233. The van der Waals surface area contributed by atoms with Crippen LogP contribution in [-0.4, -0.2) is 48.2 Å². The van der Waals surface area contributed by atoms with Crippen molar-refractivity contribution in [3.63, 3.8) is 0 Å². The second-order valence-corrected chi connectivity index (χ2v) is 38.3. The van der Waals surface area contributed by atoms with Gasteiger partial charge in [-0.1, -0.05) is 366 Å². The van der Waals surface area contributed by atoms with Crippen LogP contribution in [0.3, 0.4) is 0 Å². The van der Waals surface area contributed by atoms with Crippen LogP contribution in [0, 0.1) is 0 Å². The van der Waals surface area contributed by atoms with E-state index in [9.17, 15) is 0 Å². The smallest absolute Gasteiger partial charge is 0.180 e. The zero-order valence-electron chi connectivity index (χ0n) is 77.3. The van der Waals surface area contributed by atoms with Crippen LogP contribution in [0.2, 0.25) is 0 Å². The van der Waals surface area contributed by atoms with Crippen molar-refractivity contribution in [2.75, 3.05) is 0 Å². The molecular weight excluding hydrogens is 1770 g/mol. The molecule has 0 spiro atoms. The number of nitrogens with zero attached hydrogens (tertiary/aromatic N) is 10. The highest BCUT2D eigenvalue weighted by atomic mass is 32.1. The van der Waals surface area contributed by atoms with E-state index in [1.807, 2.05) is 121 Å². The van der Waals surface area contributed by atoms with Crippen LogP contribution in [-0.2, 0) is 5.41 Å². The molecule has 0 amide bonds. The largest absolute Gasteiger partial charge is 0.452 e. The predicted molar refractivity (Wildman–Crippen MR) is 588 cm³/mol. The lowest BCUT2D eigenvalue weighted by atomic mass is 9.81. The normalized spacial score (nSPS) is 12.5. The van der Waals surface area contributed by atoms with E-state index in [-0.39, 0.29) is 5.41 Å². The number of hydrogen-bond donors (Lipinski definition) is 0. The number of fused-ring (bicyclic) bond motifs is 30. The van der Waals surface area contributed by atoms with Crippen LogP contribution in [0.15, 0.2) is 462 Å². The number of thiophene rings is 1. The Morgan fingerprint density at radius 3 is 0.972 bits per heavy atom. The Morgan fingerprint density at radius 2 is 0.531 bits per heavy atom. The molecule has 13 nitrogen and oxygen atoms in total. The van der Waals surface area contributed by atoms with E-state index in [0.717, 1.165) is 150 Å². The maximum atomic E-state index is 6.62. The van der Waals surface area contributed by atoms with Gasteiger partial charge in [-0.25, -0.2) is 29.9 Å². The Hall–Kier alpha value is -18.8. The van der Waals surface area contributed by atoms with Gasteiger partial charge in [0.05, 0.1) is 65.9 Å². The molecule has 143 heavy (non-hydrogen) atoms. The molecule has 31 rings (SSSR count). The summed E-state index contributed by atoms with van der Waals surface area (Å²) in [5.41, 5.74) is 33.7. The third kappa shape index (κ3) is 12.5. The molecule has 0 saturated carbocycles. The number of benzene rings is 19. The average Bonchev–Trinajstić information content (AvgIpc) is 1.54. The molecule has 0 aliphatic heterocycles. The molecule has 11 aromatic heterocycles. The summed E-state index contributed by atoms with van der Waals surface area (Å²) in [5.74, 6) is 2.01. The lowest BCUT2D eigenvalue weighted by Crippen LogP contribution is -2.16. The quantitative estimate of drug-likeness (QED) is 0.131. The highest BCUT2D eigenvalue weighted by molar-refractivity contribution is 7.26. The van der Waals surface area contributed by atoms with E-state index in [4.69, 9.17) is 43.2 Å². The molecular formula is C129H80N10O3S. The van der Waals surface area contributed by atoms with Crippen molar-refractivity contribution >= 4 is 185 Å². The minimum atomic E-state index is -0.187. The minimum Gasteiger partial charge on any atom is -0.452 e. The maximum Gasteiger partial charge on any atom is 0.180 e. The van der Waals surface area contributed by atoms with E-state index in [2.05, 4.69) is 372 Å². The first-order valence-corrected chi connectivity index (χ1v) is 49.1. The van der Waals surface area contributed by atoms with Gasteiger partial charge >= 0.3 is 0 Å². The van der Waals surface area contributed by atoms with Gasteiger partial charge in [0.2, 0.25) is 0 Å². The van der Waals surface area contributed by atoms with Gasteiger partial charge < -0.3 is 31.5 Å². The zero-order chi connectivity index (χ0) is 94.2. The lowest BCUT2D eigenvalue weighted by molar-refractivity contribution is 0.663. The van der Waals surface area contributed by atoms with Crippen molar-refractivity contribution in [3.8, 4) is 102 Å². The third-order valence-electron chi connectivity index (χ3n) is 29.0. The summed E-state index contributed by atoms with van der Waals surface area (Å²) in [6.07, 6.45) is 0. The summed E-state index contributed by atoms with van der Waals surface area (Å²) in [6.45, 7) is 4.72. The molecule has 0 N–H and O–H groups in total. The molecule has 1 aliphatic rings. The third-order valence-corrected chi connectivity index (χ3v) is 30.2. The van der Waals surface area contributed by atoms with Gasteiger partial charge in [-0.05, 0) is 119 Å². The number of furan rings is 3. The van der Waals surface area contributed by atoms with Gasteiger partial charge in [0.1, 0.15) is 50.4 Å². The van der Waals surface area contributed by atoms with Crippen molar-refractivity contribution in [1.29, 1.82) is 0 Å². The summed E-state index contributed by atoms with van der Waals surface area (Å²) in [7, 11) is 0. The van der Waals surface area contributed by atoms with Crippen molar-refractivity contribution in [1.82, 2.24) is 48.2 Å². The van der Waals surface area contributed by atoms with Crippen molar-refractivity contribution in [2.45, 2.75) is 19.3 Å². The first kappa shape index (κ1) is 81.4. The molecule has 30 aromatic rings. The van der Waals surface area contributed by atoms with Gasteiger partial charge in [-0.2, -0.15) is 0 Å². The van der Waals surface area contributed by atoms with E-state index < -0.39 is 0 Å². The molecule has 0 saturated heterocycles. The fourth-order valence-corrected chi connectivity index (χ4v) is 24.0. The first-order valence-electron chi connectivity index (χ1n) is 48.3. The minimum absolute atomic E-state index is 0.187. The SMILES string of the molecule is CC1(C)c2ccccc2-c2ccc3c4ccccc4n(-c4ccccc4-c4nc(-c5ccccc5)nc5c4oc4ccccc45)c3c21.c1ccc(-c2nc(-c3ccccc3-n3c4ccccc4c4ccc5c6ccccc6n(-c6ccccc6)c5c43)c3oc4ccccc4c3n2)cc1.c1ccc(-c2nc(-c3ccccc3-n3c4ccccc4c4ccc5c6ccccc6sc5c43)c3oc4ccccc4c3n2)cc1. The molecule has 670 valence electrons. The molecule has 0 fully saturated rings. The molecule has 0 atom stereocenters. The summed E-state index contributed by atoms with van der Waals surface area (Å²) in [5, 5.41) is 15.2. The van der Waals surface area contributed by atoms with Crippen LogP contribution in [0.4, 0.5) is 0 Å². The Bertz CT molecular complexity index is 10500. The number of hydrogen-bond acceptors (Lipinski definition) is 10. The summed E-state index contributed by atoms with van der Waals surface area (Å²) >= 11 is 1.86. The Morgan fingerprint density at radius 1 is 0.224 bits per heavy atom. The van der Waals surface area contributed by atoms with E-state index in [1.54, 1.807) is 0 Å². The van der Waals surface area contributed by atoms with Crippen LogP contribution in [0.1, 0.15) is 25.0 Å². The van der Waals surface area contributed by atoms with Gasteiger partial charge in [0.25, 0.3) is 0 Å². The van der Waals surface area contributed by atoms with Crippen LogP contribution in [0.5, 0.6) is 0 Å². The molecule has 11 heterocycles. The van der Waals surface area contributed by atoms with Crippen LogP contribution < -0.4 is 0 Å². The van der Waals surface area contributed by atoms with Crippen LogP contribution in [0.25, 0.3) is 275 Å². The second kappa shape index (κ2) is 32.2. The van der Waals surface area contributed by atoms with Gasteiger partial charge in [-0.3, -0.25) is 0 Å². The highest BCUT2D eigenvalue weighted by Crippen LogP contribution is 2.56. The Balaban J connectivity index is 0.000000102. The molecule has 0 radical (unpaired) electrons. The summed E-state index contributed by atoms with van der Waals surface area (Å²) in [6, 6.07) is 158. The molecule has 0 unspecified atom stereocenters. The molecule has 1 aliphatic carbocycles. The predicted octanol–water partition coefficient (Wildman–Crippen LogP) is 34.2. The number of para-hydroxylation sites is 11. The summed E-state index contributed by atoms with van der Waals surface area (Å²) < 4.78 is 32.1. The van der Waals surface area contributed by atoms with Gasteiger partial charge in [-0.15, -0.1) is 11.3 Å². The fourth-order valence-electron chi connectivity index (χ4n) is 22.7. The van der Waals surface area contributed by atoms with Crippen molar-refractivity contribution in [2.24, 2.45) is 0 Å². The van der Waals surface area contributed by atoms with E-state index in [0.29, 0.717) is 34.2 Å². The van der Waals surface area contributed by atoms with Crippen molar-refractivity contribution in [3.05, 3.63) is 460 Å². The Labute approximate surface area is 821 Å². The maximum absolute atomic E-state index is 6.62. The monoisotopic (exact) mass is 1850 g/mol.